The lowest BCUT2D eigenvalue weighted by atomic mass is 9.49. The lowest BCUT2D eigenvalue weighted by Gasteiger charge is -2.57. The second-order valence-corrected chi connectivity index (χ2v) is 8.97. The summed E-state index contributed by atoms with van der Waals surface area (Å²) in [5.74, 6) is 3.15. The molecule has 0 aromatic heterocycles. The molecule has 0 unspecified atom stereocenters. The zero-order valence-corrected chi connectivity index (χ0v) is 14.6. The minimum atomic E-state index is -0.0288. The highest BCUT2D eigenvalue weighted by atomic mass is 16.2. The quantitative estimate of drug-likeness (QED) is 0.785. The first kappa shape index (κ1) is 15.5. The average Bonchev–Trinajstić information content (AvgIpc) is 2.52. The monoisotopic (exact) mass is 318 g/mol. The first-order valence-corrected chi connectivity index (χ1v) is 9.55. The van der Waals surface area contributed by atoms with Crippen LogP contribution in [0.15, 0.2) is 0 Å². The summed E-state index contributed by atoms with van der Waals surface area (Å²) in [6.07, 6.45) is 7.56. The molecule has 5 fully saturated rings. The first-order chi connectivity index (χ1) is 11.0. The minimum absolute atomic E-state index is 0.0288. The first-order valence-electron chi connectivity index (χ1n) is 9.55. The summed E-state index contributed by atoms with van der Waals surface area (Å²) in [5.41, 5.74) is -0.0288. The molecule has 4 bridgehead atoms. The molecule has 0 spiro atoms. The van der Waals surface area contributed by atoms with E-state index >= 15 is 0 Å². The van der Waals surface area contributed by atoms with Crippen LogP contribution < -0.4 is 0 Å². The molecule has 4 saturated carbocycles. The van der Waals surface area contributed by atoms with Gasteiger partial charge < -0.3 is 9.80 Å². The van der Waals surface area contributed by atoms with Gasteiger partial charge in [0, 0.05) is 32.1 Å². The maximum absolute atomic E-state index is 13.3. The number of amides is 2. The zero-order valence-electron chi connectivity index (χ0n) is 14.6. The maximum atomic E-state index is 13.3. The van der Waals surface area contributed by atoms with Crippen LogP contribution in [0.1, 0.15) is 52.4 Å². The standard InChI is InChI=1S/C19H30N2O2/c1-13(2)17(22)20-3-5-21(6-4-20)18(23)19-10-14-7-15(11-19)9-16(8-14)12-19/h13-16H,3-12H2,1-2H3. The lowest BCUT2D eigenvalue weighted by molar-refractivity contribution is -0.160. The topological polar surface area (TPSA) is 40.6 Å². The van der Waals surface area contributed by atoms with Crippen molar-refractivity contribution in [3.8, 4) is 0 Å². The molecule has 4 nitrogen and oxygen atoms in total. The predicted molar refractivity (Wildman–Crippen MR) is 88.6 cm³/mol. The average molecular weight is 318 g/mol. The summed E-state index contributed by atoms with van der Waals surface area (Å²) < 4.78 is 0. The highest BCUT2D eigenvalue weighted by Crippen LogP contribution is 2.60. The fourth-order valence-corrected chi connectivity index (χ4v) is 6.20. The second-order valence-electron chi connectivity index (χ2n) is 8.97. The molecule has 5 aliphatic rings. The summed E-state index contributed by atoms with van der Waals surface area (Å²) in [5, 5.41) is 0. The lowest BCUT2D eigenvalue weighted by Crippen LogP contribution is -2.58. The van der Waals surface area contributed by atoms with Gasteiger partial charge in [-0.05, 0) is 56.3 Å². The number of carbonyl (C=O) groups excluding carboxylic acids is 2. The predicted octanol–water partition coefficient (Wildman–Crippen LogP) is 2.53. The van der Waals surface area contributed by atoms with E-state index in [-0.39, 0.29) is 17.2 Å². The van der Waals surface area contributed by atoms with Gasteiger partial charge in [0.2, 0.25) is 11.8 Å². The van der Waals surface area contributed by atoms with Gasteiger partial charge in [-0.25, -0.2) is 0 Å². The van der Waals surface area contributed by atoms with Crippen LogP contribution in [0.3, 0.4) is 0 Å². The summed E-state index contributed by atoms with van der Waals surface area (Å²) in [4.78, 5) is 29.4. The van der Waals surface area contributed by atoms with Crippen LogP contribution in [-0.4, -0.2) is 47.8 Å². The second kappa shape index (κ2) is 5.49. The van der Waals surface area contributed by atoms with E-state index in [0.717, 1.165) is 63.2 Å². The van der Waals surface area contributed by atoms with Crippen LogP contribution in [0.2, 0.25) is 0 Å². The molecule has 0 aromatic rings. The van der Waals surface area contributed by atoms with Gasteiger partial charge in [-0.1, -0.05) is 13.8 Å². The van der Waals surface area contributed by atoms with E-state index in [1.807, 2.05) is 18.7 Å². The van der Waals surface area contributed by atoms with E-state index in [1.165, 1.54) is 19.3 Å². The van der Waals surface area contributed by atoms with Crippen molar-refractivity contribution in [2.45, 2.75) is 52.4 Å². The molecule has 4 aliphatic carbocycles. The highest BCUT2D eigenvalue weighted by molar-refractivity contribution is 5.84. The van der Waals surface area contributed by atoms with Crippen molar-refractivity contribution in [1.29, 1.82) is 0 Å². The third-order valence-electron chi connectivity index (χ3n) is 6.86. The van der Waals surface area contributed by atoms with Crippen molar-refractivity contribution in [3.05, 3.63) is 0 Å². The summed E-state index contributed by atoms with van der Waals surface area (Å²) in [6.45, 7) is 6.81. The van der Waals surface area contributed by atoms with Crippen molar-refractivity contribution in [1.82, 2.24) is 9.80 Å². The van der Waals surface area contributed by atoms with E-state index < -0.39 is 0 Å². The van der Waals surface area contributed by atoms with Gasteiger partial charge in [-0.3, -0.25) is 9.59 Å². The Morgan fingerprint density at radius 1 is 0.826 bits per heavy atom. The van der Waals surface area contributed by atoms with Crippen molar-refractivity contribution in [2.75, 3.05) is 26.2 Å². The van der Waals surface area contributed by atoms with Gasteiger partial charge in [0.25, 0.3) is 0 Å². The number of hydrogen-bond donors (Lipinski definition) is 0. The normalized spacial score (nSPS) is 39.2. The van der Waals surface area contributed by atoms with Crippen LogP contribution in [0.5, 0.6) is 0 Å². The molecule has 2 amide bonds. The van der Waals surface area contributed by atoms with Crippen molar-refractivity contribution >= 4 is 11.8 Å². The summed E-state index contributed by atoms with van der Waals surface area (Å²) >= 11 is 0. The fourth-order valence-electron chi connectivity index (χ4n) is 6.20. The van der Waals surface area contributed by atoms with Crippen molar-refractivity contribution in [2.24, 2.45) is 29.1 Å². The van der Waals surface area contributed by atoms with Crippen LogP contribution in [0.4, 0.5) is 0 Å². The Bertz CT molecular complexity index is 470. The molecular formula is C19H30N2O2. The number of nitrogens with zero attached hydrogens (tertiary/aromatic N) is 2. The Morgan fingerprint density at radius 2 is 1.26 bits per heavy atom. The number of hydrogen-bond acceptors (Lipinski definition) is 2. The molecule has 0 aromatic carbocycles. The molecule has 128 valence electrons. The number of rotatable bonds is 2. The van der Waals surface area contributed by atoms with Gasteiger partial charge in [0.1, 0.15) is 0 Å². The van der Waals surface area contributed by atoms with E-state index in [0.29, 0.717) is 5.91 Å². The SMILES string of the molecule is CC(C)C(=O)N1CCN(C(=O)C23CC4CC(CC(C4)C2)C3)CC1. The Balaban J connectivity index is 1.42. The highest BCUT2D eigenvalue weighted by Gasteiger charge is 2.55. The van der Waals surface area contributed by atoms with Gasteiger partial charge in [-0.2, -0.15) is 0 Å². The van der Waals surface area contributed by atoms with Gasteiger partial charge in [0.05, 0.1) is 5.41 Å². The molecule has 1 saturated heterocycles. The third kappa shape index (κ3) is 2.58. The number of carbonyl (C=O) groups is 2. The van der Waals surface area contributed by atoms with Gasteiger partial charge >= 0.3 is 0 Å². The van der Waals surface area contributed by atoms with Crippen LogP contribution in [0.25, 0.3) is 0 Å². The van der Waals surface area contributed by atoms with Gasteiger partial charge in [0.15, 0.2) is 0 Å². The van der Waals surface area contributed by atoms with E-state index in [2.05, 4.69) is 4.90 Å². The van der Waals surface area contributed by atoms with E-state index in [9.17, 15) is 9.59 Å². The summed E-state index contributed by atoms with van der Waals surface area (Å²) in [7, 11) is 0. The van der Waals surface area contributed by atoms with Crippen LogP contribution in [-0.2, 0) is 9.59 Å². The maximum Gasteiger partial charge on any atom is 0.228 e. The molecule has 0 atom stereocenters. The van der Waals surface area contributed by atoms with Crippen molar-refractivity contribution in [3.63, 3.8) is 0 Å². The van der Waals surface area contributed by atoms with Crippen LogP contribution in [0, 0.1) is 29.1 Å². The molecule has 0 radical (unpaired) electrons. The molecule has 4 heteroatoms. The van der Waals surface area contributed by atoms with E-state index in [1.54, 1.807) is 0 Å². The molecule has 23 heavy (non-hydrogen) atoms. The third-order valence-corrected chi connectivity index (χ3v) is 6.86. The Hall–Kier alpha value is -1.06. The summed E-state index contributed by atoms with van der Waals surface area (Å²) in [6, 6.07) is 0. The van der Waals surface area contributed by atoms with E-state index in [4.69, 9.17) is 0 Å². The van der Waals surface area contributed by atoms with Gasteiger partial charge in [-0.15, -0.1) is 0 Å². The zero-order chi connectivity index (χ0) is 16.2. The molecule has 0 N–H and O–H groups in total. The smallest absolute Gasteiger partial charge is 0.228 e. The molecule has 1 heterocycles. The Morgan fingerprint density at radius 3 is 1.70 bits per heavy atom. The Labute approximate surface area is 139 Å². The number of piperazine rings is 1. The van der Waals surface area contributed by atoms with Crippen molar-refractivity contribution < 1.29 is 9.59 Å². The molecule has 1 aliphatic heterocycles. The Kier molecular flexibility index (Phi) is 3.69. The van der Waals surface area contributed by atoms with Crippen LogP contribution >= 0.6 is 0 Å². The molecular weight excluding hydrogens is 288 g/mol. The fraction of sp³-hybridized carbons (Fsp3) is 0.895. The minimum Gasteiger partial charge on any atom is -0.339 e. The largest absolute Gasteiger partial charge is 0.339 e. The molecule has 5 rings (SSSR count).